The van der Waals surface area contributed by atoms with E-state index in [1.807, 2.05) is 23.1 Å². The summed E-state index contributed by atoms with van der Waals surface area (Å²) in [7, 11) is 2.21. The summed E-state index contributed by atoms with van der Waals surface area (Å²) in [5.74, 6) is 0. The van der Waals surface area contributed by atoms with Crippen LogP contribution in [0.3, 0.4) is 0 Å². The number of rotatable bonds is 5. The molecule has 1 saturated carbocycles. The third-order valence-electron chi connectivity index (χ3n) is 7.13. The highest BCUT2D eigenvalue weighted by molar-refractivity contribution is 5.78. The van der Waals surface area contributed by atoms with Gasteiger partial charge < -0.3 is 10.2 Å². The van der Waals surface area contributed by atoms with Gasteiger partial charge in [0.05, 0.1) is 17.2 Å². The lowest BCUT2D eigenvalue weighted by Crippen LogP contribution is -2.54. The van der Waals surface area contributed by atoms with Crippen molar-refractivity contribution in [2.24, 2.45) is 0 Å². The number of amides is 2. The van der Waals surface area contributed by atoms with Crippen molar-refractivity contribution in [2.45, 2.75) is 50.2 Å². The van der Waals surface area contributed by atoms with E-state index in [4.69, 9.17) is 5.26 Å². The number of nitrogens with one attached hydrogen (secondary N) is 1. The molecule has 156 valence electrons. The molecule has 0 radical (unpaired) electrons. The van der Waals surface area contributed by atoms with Gasteiger partial charge in [0, 0.05) is 18.6 Å². The van der Waals surface area contributed by atoms with Gasteiger partial charge in [-0.15, -0.1) is 0 Å². The molecule has 0 unspecified atom stereocenters. The van der Waals surface area contributed by atoms with Crippen LogP contribution in [-0.4, -0.2) is 41.5 Å². The Bertz CT molecular complexity index is 941. The number of urea groups is 1. The Morgan fingerprint density at radius 3 is 2.50 bits per heavy atom. The lowest BCUT2D eigenvalue weighted by Gasteiger charge is -2.49. The highest BCUT2D eigenvalue weighted by Gasteiger charge is 2.50. The minimum atomic E-state index is -0.156. The zero-order valence-electron chi connectivity index (χ0n) is 17.9. The van der Waals surface area contributed by atoms with Crippen LogP contribution >= 0.6 is 0 Å². The van der Waals surface area contributed by atoms with Crippen LogP contribution in [0.4, 0.5) is 4.79 Å². The van der Waals surface area contributed by atoms with Gasteiger partial charge in [0.15, 0.2) is 0 Å². The fourth-order valence-electron chi connectivity index (χ4n) is 5.24. The summed E-state index contributed by atoms with van der Waals surface area (Å²) in [6.07, 6.45) is 3.98. The zero-order chi connectivity index (χ0) is 21.2. The van der Waals surface area contributed by atoms with Crippen LogP contribution in [0, 0.1) is 11.3 Å². The van der Waals surface area contributed by atoms with Crippen LogP contribution in [0.1, 0.15) is 49.3 Å². The molecule has 0 aromatic heterocycles. The molecule has 5 heteroatoms. The second-order valence-corrected chi connectivity index (χ2v) is 8.79. The van der Waals surface area contributed by atoms with Gasteiger partial charge in [0.25, 0.3) is 0 Å². The van der Waals surface area contributed by atoms with Crippen molar-refractivity contribution in [2.75, 3.05) is 20.1 Å². The molecule has 4 rings (SSSR count). The lowest BCUT2D eigenvalue weighted by molar-refractivity contribution is 0.0461. The molecule has 1 heterocycles. The Balaban J connectivity index is 1.50. The molecule has 30 heavy (non-hydrogen) atoms. The zero-order valence-corrected chi connectivity index (χ0v) is 17.9. The first-order valence-corrected chi connectivity index (χ1v) is 10.8. The van der Waals surface area contributed by atoms with Crippen LogP contribution in [0.2, 0.25) is 0 Å². The maximum atomic E-state index is 12.8. The van der Waals surface area contributed by atoms with Gasteiger partial charge >= 0.3 is 6.03 Å². The molecule has 5 nitrogen and oxygen atoms in total. The van der Waals surface area contributed by atoms with Crippen molar-refractivity contribution < 1.29 is 4.79 Å². The monoisotopic (exact) mass is 402 g/mol. The Kier molecular flexibility index (Phi) is 5.53. The number of hydrogen-bond acceptors (Lipinski definition) is 3. The third kappa shape index (κ3) is 3.68. The summed E-state index contributed by atoms with van der Waals surface area (Å²) in [6.45, 7) is 4.48. The van der Waals surface area contributed by atoms with E-state index in [0.29, 0.717) is 12.1 Å². The summed E-state index contributed by atoms with van der Waals surface area (Å²) in [4.78, 5) is 17.1. The number of nitrogens with zero attached hydrogens (tertiary/aromatic N) is 3. The number of nitriles is 1. The molecule has 0 atom stereocenters. The molecule has 2 aliphatic rings. The molecular formula is C25H30N4O. The van der Waals surface area contributed by atoms with Gasteiger partial charge in [-0.3, -0.25) is 4.90 Å². The molecule has 2 aromatic rings. The van der Waals surface area contributed by atoms with Crippen LogP contribution < -0.4 is 5.32 Å². The van der Waals surface area contributed by atoms with Gasteiger partial charge in [-0.2, -0.15) is 5.26 Å². The molecule has 1 aliphatic carbocycles. The third-order valence-corrected chi connectivity index (χ3v) is 7.13. The van der Waals surface area contributed by atoms with Crippen molar-refractivity contribution in [3.8, 4) is 6.07 Å². The van der Waals surface area contributed by atoms with Crippen LogP contribution in [0.5, 0.6) is 0 Å². The molecule has 1 saturated heterocycles. The average Bonchev–Trinajstić information content (AvgIpc) is 3.09. The number of carbonyl (C=O) groups is 1. The second kappa shape index (κ2) is 8.12. The molecule has 0 bridgehead atoms. The van der Waals surface area contributed by atoms with Gasteiger partial charge in [0.2, 0.25) is 0 Å². The van der Waals surface area contributed by atoms with Crippen molar-refractivity contribution in [1.29, 1.82) is 5.26 Å². The Labute approximate surface area is 179 Å². The topological polar surface area (TPSA) is 59.4 Å². The predicted octanol–water partition coefficient (Wildman–Crippen LogP) is 4.24. The lowest BCUT2D eigenvalue weighted by atomic mass is 9.68. The summed E-state index contributed by atoms with van der Waals surface area (Å²) < 4.78 is 0. The molecule has 1 aliphatic heterocycles. The summed E-state index contributed by atoms with van der Waals surface area (Å²) in [5.41, 5.74) is 2.88. The summed E-state index contributed by atoms with van der Waals surface area (Å²) in [6, 6.07) is 20.5. The number of carbonyl (C=O) groups excluding carboxylic acids is 1. The summed E-state index contributed by atoms with van der Waals surface area (Å²) in [5, 5.41) is 12.5. The van der Waals surface area contributed by atoms with Crippen molar-refractivity contribution in [1.82, 2.24) is 15.1 Å². The Morgan fingerprint density at radius 1 is 1.10 bits per heavy atom. The van der Waals surface area contributed by atoms with Crippen LogP contribution in [-0.2, 0) is 12.1 Å². The fraction of sp³-hybridized carbons (Fsp3) is 0.440. The van der Waals surface area contributed by atoms with E-state index in [0.717, 1.165) is 44.3 Å². The van der Waals surface area contributed by atoms with Crippen molar-refractivity contribution >= 4 is 6.03 Å². The number of benzene rings is 2. The SMILES string of the molecule is CCN(C)C1(c2ccccc2)CCC2(CC1)CN(Cc1cccc(C#N)c1)C(=O)N2. The van der Waals surface area contributed by atoms with Crippen molar-refractivity contribution in [3.05, 3.63) is 71.3 Å². The predicted molar refractivity (Wildman–Crippen MR) is 118 cm³/mol. The minimum Gasteiger partial charge on any atom is -0.331 e. The maximum absolute atomic E-state index is 12.8. The first-order valence-electron chi connectivity index (χ1n) is 10.8. The highest BCUT2D eigenvalue weighted by atomic mass is 16.2. The van der Waals surface area contributed by atoms with E-state index >= 15 is 0 Å². The van der Waals surface area contributed by atoms with Gasteiger partial charge in [-0.25, -0.2) is 4.79 Å². The van der Waals surface area contributed by atoms with Gasteiger partial charge in [-0.05, 0) is 62.5 Å². The van der Waals surface area contributed by atoms with E-state index in [9.17, 15) is 4.79 Å². The first kappa shape index (κ1) is 20.4. The van der Waals surface area contributed by atoms with E-state index in [1.54, 1.807) is 6.07 Å². The molecule has 1 spiro atoms. The van der Waals surface area contributed by atoms with E-state index in [2.05, 4.69) is 60.6 Å². The molecule has 2 amide bonds. The molecule has 2 aromatic carbocycles. The average molecular weight is 403 g/mol. The van der Waals surface area contributed by atoms with Crippen molar-refractivity contribution in [3.63, 3.8) is 0 Å². The Morgan fingerprint density at radius 2 is 1.83 bits per heavy atom. The fourth-order valence-corrected chi connectivity index (χ4v) is 5.24. The summed E-state index contributed by atoms with van der Waals surface area (Å²) >= 11 is 0. The van der Waals surface area contributed by atoms with Crippen LogP contribution in [0.15, 0.2) is 54.6 Å². The normalized spacial score (nSPS) is 26.1. The Hall–Kier alpha value is -2.84. The second-order valence-electron chi connectivity index (χ2n) is 8.79. The first-order chi connectivity index (χ1) is 14.5. The molecule has 1 N–H and O–H groups in total. The highest BCUT2D eigenvalue weighted by Crippen LogP contribution is 2.46. The smallest absolute Gasteiger partial charge is 0.318 e. The maximum Gasteiger partial charge on any atom is 0.318 e. The minimum absolute atomic E-state index is 0.00779. The van der Waals surface area contributed by atoms with Gasteiger partial charge in [0.1, 0.15) is 0 Å². The molecular weight excluding hydrogens is 372 g/mol. The van der Waals surface area contributed by atoms with Crippen LogP contribution in [0.25, 0.3) is 0 Å². The number of hydrogen-bond donors (Lipinski definition) is 1. The van der Waals surface area contributed by atoms with E-state index in [-0.39, 0.29) is 17.1 Å². The standard InChI is InChI=1S/C25H30N4O/c1-3-28(2)25(22-10-5-4-6-11-22)14-12-24(13-15-25)19-29(23(30)27-24)18-21-9-7-8-20(16-21)17-26/h4-11,16H,3,12-15,18-19H2,1-2H3,(H,27,30). The van der Waals surface area contributed by atoms with E-state index < -0.39 is 0 Å². The van der Waals surface area contributed by atoms with Gasteiger partial charge in [-0.1, -0.05) is 49.4 Å². The molecule has 2 fully saturated rings. The quantitative estimate of drug-likeness (QED) is 0.814. The van der Waals surface area contributed by atoms with E-state index in [1.165, 1.54) is 5.56 Å². The largest absolute Gasteiger partial charge is 0.331 e.